The molecular weight excluding hydrogens is 348 g/mol. The van der Waals surface area contributed by atoms with Crippen molar-refractivity contribution < 1.29 is 18.8 Å². The summed E-state index contributed by atoms with van der Waals surface area (Å²) < 4.78 is 10.4. The Morgan fingerprint density at radius 1 is 1.37 bits per heavy atom. The molecule has 1 aromatic heterocycles. The van der Waals surface area contributed by atoms with E-state index in [1.54, 1.807) is 36.1 Å². The molecule has 8 nitrogen and oxygen atoms in total. The molecular formula is C19H24N4O4. The summed E-state index contributed by atoms with van der Waals surface area (Å²) in [5.74, 6) is 0.766. The van der Waals surface area contributed by atoms with E-state index in [-0.39, 0.29) is 24.6 Å². The van der Waals surface area contributed by atoms with Gasteiger partial charge in [-0.1, -0.05) is 31.1 Å². The summed E-state index contributed by atoms with van der Waals surface area (Å²) in [7, 11) is 0. The number of anilines is 1. The van der Waals surface area contributed by atoms with Crippen molar-refractivity contribution in [3.63, 3.8) is 0 Å². The van der Waals surface area contributed by atoms with E-state index >= 15 is 0 Å². The van der Waals surface area contributed by atoms with Gasteiger partial charge in [0.1, 0.15) is 6.04 Å². The highest BCUT2D eigenvalue weighted by molar-refractivity contribution is 6.00. The zero-order valence-corrected chi connectivity index (χ0v) is 15.8. The van der Waals surface area contributed by atoms with E-state index in [0.717, 1.165) is 12.8 Å². The van der Waals surface area contributed by atoms with Crippen LogP contribution in [0.25, 0.3) is 0 Å². The standard InChI is InChI=1S/C19H24N4O4/c1-4-26-18(24)13-8-5-6-9-14(13)20-19(25)23-11-7-10-15(23)17-21-16(12(2)3)22-27-17/h5-6,8-9,12,15H,4,7,10-11H2,1-3H3,(H,20,25)/t15-/m1/s1. The van der Waals surface area contributed by atoms with Crippen LogP contribution in [-0.4, -0.2) is 40.2 Å². The molecule has 2 aromatic rings. The van der Waals surface area contributed by atoms with Crippen LogP contribution in [0.2, 0.25) is 0 Å². The minimum atomic E-state index is -0.468. The lowest BCUT2D eigenvalue weighted by atomic mass is 10.2. The van der Waals surface area contributed by atoms with Crippen LogP contribution in [0, 0.1) is 0 Å². The first-order chi connectivity index (χ1) is 13.0. The minimum Gasteiger partial charge on any atom is -0.462 e. The molecule has 1 saturated heterocycles. The van der Waals surface area contributed by atoms with Crippen molar-refractivity contribution in [2.45, 2.75) is 45.6 Å². The number of rotatable bonds is 5. The molecule has 0 saturated carbocycles. The Bertz CT molecular complexity index is 818. The summed E-state index contributed by atoms with van der Waals surface area (Å²) in [5.41, 5.74) is 0.739. The SMILES string of the molecule is CCOC(=O)c1ccccc1NC(=O)N1CCC[C@@H]1c1nc(C(C)C)no1. The second kappa shape index (κ2) is 8.20. The van der Waals surface area contributed by atoms with Gasteiger partial charge in [-0.15, -0.1) is 0 Å². The van der Waals surface area contributed by atoms with Crippen LogP contribution in [0.3, 0.4) is 0 Å². The Kier molecular flexibility index (Phi) is 5.73. The van der Waals surface area contributed by atoms with E-state index in [2.05, 4.69) is 15.5 Å². The quantitative estimate of drug-likeness (QED) is 0.803. The third-order valence-electron chi connectivity index (χ3n) is 4.44. The van der Waals surface area contributed by atoms with Crippen molar-refractivity contribution in [2.75, 3.05) is 18.5 Å². The van der Waals surface area contributed by atoms with Gasteiger partial charge < -0.3 is 19.5 Å². The molecule has 1 atom stereocenters. The van der Waals surface area contributed by atoms with Gasteiger partial charge in [0, 0.05) is 12.5 Å². The number of ether oxygens (including phenoxy) is 1. The molecule has 27 heavy (non-hydrogen) atoms. The maximum Gasteiger partial charge on any atom is 0.340 e. The molecule has 1 fully saturated rings. The monoisotopic (exact) mass is 372 g/mol. The van der Waals surface area contributed by atoms with E-state index in [1.165, 1.54) is 0 Å². The van der Waals surface area contributed by atoms with Crippen molar-refractivity contribution in [3.8, 4) is 0 Å². The largest absolute Gasteiger partial charge is 0.462 e. The highest BCUT2D eigenvalue weighted by atomic mass is 16.5. The van der Waals surface area contributed by atoms with Crippen LogP contribution in [-0.2, 0) is 4.74 Å². The van der Waals surface area contributed by atoms with Crippen LogP contribution >= 0.6 is 0 Å². The molecule has 2 heterocycles. The molecule has 1 aliphatic heterocycles. The van der Waals surface area contributed by atoms with E-state index in [4.69, 9.17) is 9.26 Å². The van der Waals surface area contributed by atoms with Crippen molar-refractivity contribution in [2.24, 2.45) is 0 Å². The molecule has 0 aliphatic carbocycles. The Morgan fingerprint density at radius 2 is 2.15 bits per heavy atom. The number of benzene rings is 1. The lowest BCUT2D eigenvalue weighted by molar-refractivity contribution is 0.0527. The second-order valence-electron chi connectivity index (χ2n) is 6.69. The highest BCUT2D eigenvalue weighted by Gasteiger charge is 2.34. The van der Waals surface area contributed by atoms with Crippen LogP contribution in [0.15, 0.2) is 28.8 Å². The number of esters is 1. The molecule has 0 radical (unpaired) electrons. The first kappa shape index (κ1) is 18.9. The maximum absolute atomic E-state index is 12.8. The third-order valence-corrected chi connectivity index (χ3v) is 4.44. The van der Waals surface area contributed by atoms with Gasteiger partial charge in [0.15, 0.2) is 5.82 Å². The van der Waals surface area contributed by atoms with E-state index in [9.17, 15) is 9.59 Å². The van der Waals surface area contributed by atoms with Gasteiger partial charge >= 0.3 is 12.0 Å². The van der Waals surface area contributed by atoms with Crippen molar-refractivity contribution in [1.82, 2.24) is 15.0 Å². The predicted octanol–water partition coefficient (Wildman–Crippen LogP) is 3.74. The molecule has 8 heteroatoms. The Balaban J connectivity index is 1.76. The summed E-state index contributed by atoms with van der Waals surface area (Å²) in [4.78, 5) is 31.0. The fourth-order valence-corrected chi connectivity index (χ4v) is 3.05. The summed E-state index contributed by atoms with van der Waals surface area (Å²) in [6.45, 7) is 6.56. The van der Waals surface area contributed by atoms with Gasteiger partial charge in [-0.2, -0.15) is 4.98 Å². The lowest BCUT2D eigenvalue weighted by Gasteiger charge is -2.22. The highest BCUT2D eigenvalue weighted by Crippen LogP contribution is 2.32. The van der Waals surface area contributed by atoms with E-state index < -0.39 is 5.97 Å². The zero-order chi connectivity index (χ0) is 19.4. The number of amides is 2. The van der Waals surface area contributed by atoms with Gasteiger partial charge in [0.05, 0.1) is 17.9 Å². The minimum absolute atomic E-state index is 0.155. The molecule has 1 aromatic carbocycles. The predicted molar refractivity (Wildman–Crippen MR) is 98.5 cm³/mol. The van der Waals surface area contributed by atoms with Gasteiger partial charge in [-0.3, -0.25) is 0 Å². The number of likely N-dealkylation sites (tertiary alicyclic amines) is 1. The van der Waals surface area contributed by atoms with Crippen LogP contribution in [0.1, 0.15) is 67.6 Å². The average Bonchev–Trinajstić information content (AvgIpc) is 3.31. The normalized spacial score (nSPS) is 16.6. The smallest absolute Gasteiger partial charge is 0.340 e. The van der Waals surface area contributed by atoms with Gasteiger partial charge in [0.25, 0.3) is 0 Å². The number of hydrogen-bond acceptors (Lipinski definition) is 6. The topological polar surface area (TPSA) is 97.6 Å². The van der Waals surface area contributed by atoms with Crippen molar-refractivity contribution >= 4 is 17.7 Å². The Morgan fingerprint density at radius 3 is 2.85 bits per heavy atom. The fraction of sp³-hybridized carbons (Fsp3) is 0.474. The number of urea groups is 1. The molecule has 1 N–H and O–H groups in total. The zero-order valence-electron chi connectivity index (χ0n) is 15.8. The van der Waals surface area contributed by atoms with Gasteiger partial charge in [0.2, 0.25) is 5.89 Å². The first-order valence-electron chi connectivity index (χ1n) is 9.18. The number of carbonyl (C=O) groups excluding carboxylic acids is 2. The number of carbonyl (C=O) groups is 2. The number of nitrogens with zero attached hydrogens (tertiary/aromatic N) is 3. The van der Waals surface area contributed by atoms with Crippen LogP contribution in [0.5, 0.6) is 0 Å². The third kappa shape index (κ3) is 4.10. The van der Waals surface area contributed by atoms with E-state index in [1.807, 2.05) is 13.8 Å². The summed E-state index contributed by atoms with van der Waals surface area (Å²) in [6.07, 6.45) is 1.60. The molecule has 0 unspecified atom stereocenters. The lowest BCUT2D eigenvalue weighted by Crippen LogP contribution is -2.35. The Hall–Kier alpha value is -2.90. The molecule has 0 spiro atoms. The van der Waals surface area contributed by atoms with Crippen LogP contribution in [0.4, 0.5) is 10.5 Å². The van der Waals surface area contributed by atoms with Crippen LogP contribution < -0.4 is 5.32 Å². The molecule has 144 valence electrons. The first-order valence-corrected chi connectivity index (χ1v) is 9.18. The number of nitrogens with one attached hydrogen (secondary N) is 1. The van der Waals surface area contributed by atoms with E-state index in [0.29, 0.717) is 29.5 Å². The molecule has 0 bridgehead atoms. The molecule has 2 amide bonds. The summed E-state index contributed by atoms with van der Waals surface area (Å²) >= 11 is 0. The number of aromatic nitrogens is 2. The molecule has 1 aliphatic rings. The van der Waals surface area contributed by atoms with Crippen molar-refractivity contribution in [3.05, 3.63) is 41.5 Å². The van der Waals surface area contributed by atoms with Crippen molar-refractivity contribution in [1.29, 1.82) is 0 Å². The molecule has 3 rings (SSSR count). The maximum atomic E-state index is 12.8. The number of hydrogen-bond donors (Lipinski definition) is 1. The van der Waals surface area contributed by atoms with Gasteiger partial charge in [-0.05, 0) is 31.9 Å². The second-order valence-corrected chi connectivity index (χ2v) is 6.69. The fourth-order valence-electron chi connectivity index (χ4n) is 3.05. The summed E-state index contributed by atoms with van der Waals surface area (Å²) in [6, 6.07) is 6.22. The average molecular weight is 372 g/mol. The number of para-hydroxylation sites is 1. The summed E-state index contributed by atoms with van der Waals surface area (Å²) in [5, 5.41) is 6.81. The van der Waals surface area contributed by atoms with Gasteiger partial charge in [-0.25, -0.2) is 9.59 Å². The Labute approximate surface area is 157 Å².